The van der Waals surface area contributed by atoms with Crippen LogP contribution in [0.5, 0.6) is 0 Å². The Morgan fingerprint density at radius 1 is 0.477 bits per heavy atom. The molecule has 0 bridgehead atoms. The number of fused-ring (bicyclic) bond motifs is 3. The standard InChI is InChI=1S/C30H20.12FH.2Sb/c1-2-10-21(11-3-1)28-20-29(27-17-9-8-16-26(27)28)30-24-14-6-4-12-22(24)18-19-23-13-5-7-15-25(23)30;;;;;;;;;;;;;;/h1-20H;12*1H;;/q+2;;;;;;;;;;;;;2*+5/p-12. The van der Waals surface area contributed by atoms with E-state index in [1.807, 2.05) is 0 Å². The summed E-state index contributed by atoms with van der Waals surface area (Å²) in [5.41, 5.74) is 10.3. The van der Waals surface area contributed by atoms with E-state index < -0.39 is 39.0 Å². The van der Waals surface area contributed by atoms with Gasteiger partial charge in [0.05, 0.1) is 29.2 Å². The van der Waals surface area contributed by atoms with Gasteiger partial charge in [0.15, 0.2) is 5.57 Å². The van der Waals surface area contributed by atoms with Crippen molar-refractivity contribution in [1.29, 1.82) is 0 Å². The summed E-state index contributed by atoms with van der Waals surface area (Å²) >= 11 is -22.5. The monoisotopic (exact) mass is 850 g/mol. The first kappa shape index (κ1) is 33.8. The molecule has 234 valence electrons. The molecule has 0 fully saturated rings. The molecule has 0 saturated heterocycles. The van der Waals surface area contributed by atoms with E-state index in [0.29, 0.717) is 0 Å². The maximum absolute atomic E-state index is 11.2. The minimum atomic E-state index is -11.2. The van der Waals surface area contributed by atoms with Crippen LogP contribution >= 0.6 is 0 Å². The fraction of sp³-hybridized carbons (Fsp3) is 0. The van der Waals surface area contributed by atoms with Crippen LogP contribution in [0.4, 0.5) is 33.8 Å². The first-order valence-corrected chi connectivity index (χ1v) is 24.0. The van der Waals surface area contributed by atoms with Crippen molar-refractivity contribution >= 4 is 50.1 Å². The van der Waals surface area contributed by atoms with Crippen LogP contribution in [0.25, 0.3) is 11.1 Å². The van der Waals surface area contributed by atoms with Gasteiger partial charge in [-0.25, -0.2) is 0 Å². The quantitative estimate of drug-likeness (QED) is 0.152. The molecule has 14 heteroatoms. The number of hydrogen-bond acceptors (Lipinski definition) is 0. The van der Waals surface area contributed by atoms with Crippen molar-refractivity contribution in [2.75, 3.05) is 0 Å². The summed E-state index contributed by atoms with van der Waals surface area (Å²) in [5, 5.41) is 0. The van der Waals surface area contributed by atoms with E-state index in [0.717, 1.165) is 0 Å². The molecule has 44 heavy (non-hydrogen) atoms. The number of allylic oxidation sites excluding steroid dienone is 15. The van der Waals surface area contributed by atoms with Gasteiger partial charge in [-0.3, -0.25) is 0 Å². The number of benzene rings is 2. The second-order valence-corrected chi connectivity index (χ2v) is 20.6. The van der Waals surface area contributed by atoms with Crippen LogP contribution in [0, 0.1) is 11.8 Å². The van der Waals surface area contributed by atoms with Crippen molar-refractivity contribution in [1.82, 2.24) is 0 Å². The number of rotatable bonds is 1. The van der Waals surface area contributed by atoms with Crippen LogP contribution in [0.3, 0.4) is 0 Å². The molecule has 0 N–H and O–H groups in total. The third kappa shape index (κ3) is 11.1. The summed E-state index contributed by atoms with van der Waals surface area (Å²) in [6.45, 7) is 0. The molecular formula is C30H20F12Sb2. The van der Waals surface area contributed by atoms with Crippen molar-refractivity contribution in [3.63, 3.8) is 0 Å². The average Bonchev–Trinajstić information content (AvgIpc) is 3.16. The molecule has 0 nitrogen and oxygen atoms in total. The van der Waals surface area contributed by atoms with Crippen LogP contribution in [0.2, 0.25) is 0 Å². The van der Waals surface area contributed by atoms with Gasteiger partial charge in [-0.2, -0.15) is 0 Å². The molecule has 4 aliphatic carbocycles. The van der Waals surface area contributed by atoms with E-state index in [1.165, 1.54) is 56.4 Å². The van der Waals surface area contributed by atoms with Crippen molar-refractivity contribution in [3.05, 3.63) is 167 Å². The van der Waals surface area contributed by atoms with Crippen molar-refractivity contribution < 1.29 is 33.8 Å². The zero-order chi connectivity index (χ0) is 32.7. The predicted molar refractivity (Wildman–Crippen MR) is 151 cm³/mol. The van der Waals surface area contributed by atoms with Gasteiger partial charge in [-0.1, -0.05) is 54.6 Å². The van der Waals surface area contributed by atoms with Gasteiger partial charge in [-0.05, 0) is 23.8 Å². The van der Waals surface area contributed by atoms with Crippen LogP contribution in [-0.4, -0.2) is 39.0 Å². The van der Waals surface area contributed by atoms with Crippen LogP contribution < -0.4 is 0 Å². The van der Waals surface area contributed by atoms with E-state index in [1.54, 1.807) is 0 Å². The number of hydrogen-bond donors (Lipinski definition) is 0. The summed E-state index contributed by atoms with van der Waals surface area (Å²) in [4.78, 5) is 0. The zero-order valence-electron chi connectivity index (χ0n) is 22.0. The Balaban J connectivity index is 0.000000265. The first-order valence-electron chi connectivity index (χ1n) is 12.4. The summed E-state index contributed by atoms with van der Waals surface area (Å²) in [6, 6.07) is 19.5. The molecule has 0 unspecified atom stereocenters. The van der Waals surface area contributed by atoms with E-state index in [9.17, 15) is 33.8 Å². The molecule has 0 spiro atoms. The second kappa shape index (κ2) is 10.2. The van der Waals surface area contributed by atoms with Gasteiger partial charge >= 0.3 is 72.7 Å². The van der Waals surface area contributed by atoms with Gasteiger partial charge in [0.2, 0.25) is 0 Å². The Kier molecular flexibility index (Phi) is 7.84. The first-order chi connectivity index (χ1) is 19.8. The maximum atomic E-state index is 9.93. The Labute approximate surface area is 249 Å². The molecule has 0 atom stereocenters. The molecule has 0 aliphatic heterocycles. The Morgan fingerprint density at radius 2 is 0.886 bits per heavy atom. The van der Waals surface area contributed by atoms with Crippen LogP contribution in [-0.2, 0) is 0 Å². The molecule has 2 aromatic rings. The van der Waals surface area contributed by atoms with Crippen LogP contribution in [0.1, 0.15) is 16.7 Å². The van der Waals surface area contributed by atoms with Gasteiger partial charge in [0, 0.05) is 53.2 Å². The molecule has 0 heterocycles. The molecule has 0 saturated carbocycles. The van der Waals surface area contributed by atoms with Crippen molar-refractivity contribution in [3.8, 4) is 0 Å². The second-order valence-electron chi connectivity index (χ2n) is 9.68. The molecule has 4 aliphatic rings. The summed E-state index contributed by atoms with van der Waals surface area (Å²) in [5.74, 6) is 2.57. The van der Waals surface area contributed by atoms with Gasteiger partial charge in [0.1, 0.15) is 11.5 Å². The normalized spacial score (nSPS) is 20.0. The van der Waals surface area contributed by atoms with E-state index in [2.05, 4.69) is 121 Å². The Bertz CT molecular complexity index is 1620. The average molecular weight is 852 g/mol. The summed E-state index contributed by atoms with van der Waals surface area (Å²) in [6.07, 6.45) is 24.3. The molecule has 2 aromatic carbocycles. The molecule has 6 rings (SSSR count). The number of halogens is 12. The third-order valence-corrected chi connectivity index (χ3v) is 6.05. The van der Waals surface area contributed by atoms with Crippen molar-refractivity contribution in [2.45, 2.75) is 0 Å². The summed E-state index contributed by atoms with van der Waals surface area (Å²) < 4.78 is 119. The fourth-order valence-corrected chi connectivity index (χ4v) is 4.67. The topological polar surface area (TPSA) is 0 Å². The van der Waals surface area contributed by atoms with Crippen LogP contribution in [0.15, 0.2) is 138 Å². The minimum absolute atomic E-state index is 1.26. The SMILES string of the molecule is C1=CC2=CC=C3C=CC=C[C+]3C(=C3C=C(c4ccccc4)c4ccccc43)[C+]2C=C1.[F][Sb-]([F])([F])([F])([F])[F].[F][Sb-]([F])([F])([F])([F])[F]. The zero-order valence-corrected chi connectivity index (χ0v) is 27.1. The fourth-order valence-electron chi connectivity index (χ4n) is 4.67. The molecule has 0 aromatic heterocycles. The van der Waals surface area contributed by atoms with Gasteiger partial charge < -0.3 is 0 Å². The Hall–Kier alpha value is -3.10. The van der Waals surface area contributed by atoms with E-state index >= 15 is 0 Å². The molecule has 0 radical (unpaired) electrons. The Morgan fingerprint density at radius 3 is 1.34 bits per heavy atom. The van der Waals surface area contributed by atoms with Gasteiger partial charge in [0.25, 0.3) is 0 Å². The molecular weight excluding hydrogens is 832 g/mol. The third-order valence-electron chi connectivity index (χ3n) is 6.05. The van der Waals surface area contributed by atoms with E-state index in [4.69, 9.17) is 0 Å². The van der Waals surface area contributed by atoms with Crippen molar-refractivity contribution in [2.24, 2.45) is 0 Å². The van der Waals surface area contributed by atoms with E-state index in [-0.39, 0.29) is 0 Å². The van der Waals surface area contributed by atoms with Gasteiger partial charge in [-0.15, -0.1) is 0 Å². The summed E-state index contributed by atoms with van der Waals surface area (Å²) in [7, 11) is 0. The molecule has 0 amide bonds. The predicted octanol–water partition coefficient (Wildman–Crippen LogP) is 11.4.